The van der Waals surface area contributed by atoms with Crippen LogP contribution in [0.3, 0.4) is 0 Å². The molecule has 3 heteroatoms. The number of furan rings is 1. The molecule has 0 saturated carbocycles. The Morgan fingerprint density at radius 1 is 1.71 bits per heavy atom. The van der Waals surface area contributed by atoms with Gasteiger partial charge in [-0.25, -0.2) is 0 Å². The van der Waals surface area contributed by atoms with E-state index in [9.17, 15) is 5.11 Å². The van der Waals surface area contributed by atoms with Gasteiger partial charge in [0.1, 0.15) is 11.4 Å². The molecule has 1 aromatic rings. The maximum Gasteiger partial charge on any atom is 0.135 e. The van der Waals surface area contributed by atoms with Crippen molar-refractivity contribution in [2.24, 2.45) is 5.92 Å². The van der Waals surface area contributed by atoms with E-state index < -0.39 is 5.60 Å². The van der Waals surface area contributed by atoms with Crippen molar-refractivity contribution in [3.63, 3.8) is 0 Å². The van der Waals surface area contributed by atoms with Crippen LogP contribution in [0.25, 0.3) is 0 Å². The molecular formula is C11H17NO2. The standard InChI is InChI=1S/C11H17NO2/c1-2-9-8-12-6-5-11(9,13)10-4-3-7-14-10/h3-4,7,9,12-13H,2,5-6,8H2,1H3. The summed E-state index contributed by atoms with van der Waals surface area (Å²) in [6, 6.07) is 3.70. The van der Waals surface area contributed by atoms with Gasteiger partial charge in [-0.15, -0.1) is 0 Å². The summed E-state index contributed by atoms with van der Waals surface area (Å²) in [6.07, 6.45) is 3.32. The topological polar surface area (TPSA) is 45.4 Å². The number of rotatable bonds is 2. The lowest BCUT2D eigenvalue weighted by Gasteiger charge is -2.38. The highest BCUT2D eigenvalue weighted by atomic mass is 16.4. The maximum atomic E-state index is 10.6. The average molecular weight is 195 g/mol. The minimum absolute atomic E-state index is 0.252. The minimum Gasteiger partial charge on any atom is -0.466 e. The Hall–Kier alpha value is -0.800. The summed E-state index contributed by atoms with van der Waals surface area (Å²) in [7, 11) is 0. The molecule has 2 heterocycles. The predicted molar refractivity (Wildman–Crippen MR) is 53.9 cm³/mol. The van der Waals surface area contributed by atoms with Crippen LogP contribution in [0, 0.1) is 5.92 Å². The first-order valence-corrected chi connectivity index (χ1v) is 5.24. The number of hydrogen-bond donors (Lipinski definition) is 2. The quantitative estimate of drug-likeness (QED) is 0.751. The van der Waals surface area contributed by atoms with E-state index in [0.29, 0.717) is 5.76 Å². The summed E-state index contributed by atoms with van der Waals surface area (Å²) >= 11 is 0. The third-order valence-electron chi connectivity index (χ3n) is 3.19. The van der Waals surface area contributed by atoms with E-state index in [-0.39, 0.29) is 5.92 Å². The first-order chi connectivity index (χ1) is 6.77. The van der Waals surface area contributed by atoms with Gasteiger partial charge < -0.3 is 14.8 Å². The number of piperidine rings is 1. The number of aliphatic hydroxyl groups is 1. The van der Waals surface area contributed by atoms with Gasteiger partial charge in [0.05, 0.1) is 6.26 Å². The Labute approximate surface area is 84.1 Å². The zero-order chi connectivity index (χ0) is 10.0. The SMILES string of the molecule is CCC1CNCCC1(O)c1ccco1. The molecule has 14 heavy (non-hydrogen) atoms. The van der Waals surface area contributed by atoms with Crippen molar-refractivity contribution in [1.29, 1.82) is 0 Å². The van der Waals surface area contributed by atoms with Crippen LogP contribution in [-0.4, -0.2) is 18.2 Å². The van der Waals surface area contributed by atoms with E-state index >= 15 is 0 Å². The summed E-state index contributed by atoms with van der Waals surface area (Å²) in [6.45, 7) is 3.83. The van der Waals surface area contributed by atoms with Crippen molar-refractivity contribution in [1.82, 2.24) is 5.32 Å². The Morgan fingerprint density at radius 2 is 2.57 bits per heavy atom. The molecule has 2 N–H and O–H groups in total. The van der Waals surface area contributed by atoms with Gasteiger partial charge in [-0.1, -0.05) is 6.92 Å². The number of hydrogen-bond acceptors (Lipinski definition) is 3. The summed E-state index contributed by atoms with van der Waals surface area (Å²) in [5, 5.41) is 13.9. The van der Waals surface area contributed by atoms with Crippen LogP contribution in [0.1, 0.15) is 25.5 Å². The molecule has 2 rings (SSSR count). The highest BCUT2D eigenvalue weighted by Gasteiger charge is 2.41. The van der Waals surface area contributed by atoms with E-state index in [4.69, 9.17) is 4.42 Å². The van der Waals surface area contributed by atoms with Crippen molar-refractivity contribution in [3.8, 4) is 0 Å². The molecule has 2 atom stereocenters. The van der Waals surface area contributed by atoms with Crippen molar-refractivity contribution in [2.75, 3.05) is 13.1 Å². The van der Waals surface area contributed by atoms with Crippen LogP contribution in [0.15, 0.2) is 22.8 Å². The molecule has 0 aliphatic carbocycles. The van der Waals surface area contributed by atoms with Gasteiger partial charge in [-0.05, 0) is 31.5 Å². The highest BCUT2D eigenvalue weighted by molar-refractivity contribution is 5.12. The van der Waals surface area contributed by atoms with Gasteiger partial charge in [-0.2, -0.15) is 0 Å². The fourth-order valence-corrected chi connectivity index (χ4v) is 2.26. The van der Waals surface area contributed by atoms with Crippen molar-refractivity contribution >= 4 is 0 Å². The van der Waals surface area contributed by atoms with Crippen LogP contribution in [0.5, 0.6) is 0 Å². The zero-order valence-corrected chi connectivity index (χ0v) is 8.49. The second-order valence-electron chi connectivity index (χ2n) is 3.96. The van der Waals surface area contributed by atoms with Gasteiger partial charge in [-0.3, -0.25) is 0 Å². The first kappa shape index (κ1) is 9.74. The van der Waals surface area contributed by atoms with Crippen LogP contribution < -0.4 is 5.32 Å². The lowest BCUT2D eigenvalue weighted by Crippen LogP contribution is -2.47. The molecule has 1 aliphatic heterocycles. The van der Waals surface area contributed by atoms with E-state index in [1.54, 1.807) is 6.26 Å². The Bertz CT molecular complexity index is 283. The molecule has 0 amide bonds. The fraction of sp³-hybridized carbons (Fsp3) is 0.636. The molecule has 0 bridgehead atoms. The molecule has 0 aromatic carbocycles. The van der Waals surface area contributed by atoms with E-state index in [0.717, 1.165) is 25.9 Å². The number of nitrogens with one attached hydrogen (secondary N) is 1. The van der Waals surface area contributed by atoms with Crippen LogP contribution in [0.4, 0.5) is 0 Å². The van der Waals surface area contributed by atoms with Crippen molar-refractivity contribution in [3.05, 3.63) is 24.2 Å². The van der Waals surface area contributed by atoms with E-state index in [2.05, 4.69) is 12.2 Å². The van der Waals surface area contributed by atoms with Crippen LogP contribution >= 0.6 is 0 Å². The zero-order valence-electron chi connectivity index (χ0n) is 8.49. The maximum absolute atomic E-state index is 10.6. The monoisotopic (exact) mass is 195 g/mol. The van der Waals surface area contributed by atoms with Crippen molar-refractivity contribution in [2.45, 2.75) is 25.4 Å². The van der Waals surface area contributed by atoms with E-state index in [1.807, 2.05) is 12.1 Å². The Morgan fingerprint density at radius 3 is 3.21 bits per heavy atom. The third-order valence-corrected chi connectivity index (χ3v) is 3.19. The van der Waals surface area contributed by atoms with Crippen LogP contribution in [-0.2, 0) is 5.60 Å². The first-order valence-electron chi connectivity index (χ1n) is 5.24. The molecule has 3 nitrogen and oxygen atoms in total. The molecule has 1 fully saturated rings. The Balaban J connectivity index is 2.27. The normalized spacial score (nSPS) is 33.1. The summed E-state index contributed by atoms with van der Waals surface area (Å²) < 4.78 is 5.33. The molecule has 0 radical (unpaired) electrons. The third kappa shape index (κ3) is 1.47. The molecule has 78 valence electrons. The summed E-state index contributed by atoms with van der Waals surface area (Å²) in [5.74, 6) is 0.966. The molecule has 1 saturated heterocycles. The molecule has 1 aliphatic rings. The second kappa shape index (κ2) is 3.75. The van der Waals surface area contributed by atoms with Gasteiger partial charge in [0.25, 0.3) is 0 Å². The molecule has 0 spiro atoms. The molecule has 1 aromatic heterocycles. The van der Waals surface area contributed by atoms with Gasteiger partial charge >= 0.3 is 0 Å². The minimum atomic E-state index is -0.760. The Kier molecular flexibility index (Phi) is 2.61. The van der Waals surface area contributed by atoms with Gasteiger partial charge in [0.15, 0.2) is 0 Å². The fourth-order valence-electron chi connectivity index (χ4n) is 2.26. The van der Waals surface area contributed by atoms with Crippen LogP contribution in [0.2, 0.25) is 0 Å². The summed E-state index contributed by atoms with van der Waals surface area (Å²) in [5.41, 5.74) is -0.760. The lowest BCUT2D eigenvalue weighted by molar-refractivity contribution is -0.0644. The van der Waals surface area contributed by atoms with E-state index in [1.165, 1.54) is 0 Å². The smallest absolute Gasteiger partial charge is 0.135 e. The lowest BCUT2D eigenvalue weighted by atomic mass is 9.78. The molecular weight excluding hydrogens is 178 g/mol. The average Bonchev–Trinajstić information content (AvgIpc) is 2.72. The largest absolute Gasteiger partial charge is 0.466 e. The second-order valence-corrected chi connectivity index (χ2v) is 3.96. The summed E-state index contributed by atoms with van der Waals surface area (Å²) in [4.78, 5) is 0. The molecule has 2 unspecified atom stereocenters. The van der Waals surface area contributed by atoms with Gasteiger partial charge in [0, 0.05) is 12.5 Å². The van der Waals surface area contributed by atoms with Crippen molar-refractivity contribution < 1.29 is 9.52 Å². The highest BCUT2D eigenvalue weighted by Crippen LogP contribution is 2.36. The predicted octanol–water partition coefficient (Wildman–Crippen LogP) is 1.49. The van der Waals surface area contributed by atoms with Gasteiger partial charge in [0.2, 0.25) is 0 Å².